The van der Waals surface area contributed by atoms with Gasteiger partial charge in [0.1, 0.15) is 11.6 Å². The zero-order valence-corrected chi connectivity index (χ0v) is 14.6. The molecule has 1 heterocycles. The number of hydrogen-bond donors (Lipinski definition) is 2. The summed E-state index contributed by atoms with van der Waals surface area (Å²) in [6.07, 6.45) is -1.06. The van der Waals surface area contributed by atoms with E-state index in [1.54, 1.807) is 24.3 Å². The molecule has 2 amide bonds. The second-order valence-electron chi connectivity index (χ2n) is 6.52. The van der Waals surface area contributed by atoms with Crippen LogP contribution in [0.4, 0.5) is 8.78 Å². The van der Waals surface area contributed by atoms with Crippen LogP contribution in [-0.4, -0.2) is 47.1 Å². The predicted molar refractivity (Wildman–Crippen MR) is 95.0 cm³/mol. The molecule has 0 saturated carbocycles. The Hall–Kier alpha value is -2.80. The van der Waals surface area contributed by atoms with E-state index in [1.807, 2.05) is 6.07 Å². The Morgan fingerprint density at radius 1 is 1.07 bits per heavy atom. The van der Waals surface area contributed by atoms with Crippen molar-refractivity contribution in [2.45, 2.75) is 25.0 Å². The van der Waals surface area contributed by atoms with Crippen LogP contribution in [0.3, 0.4) is 0 Å². The van der Waals surface area contributed by atoms with Gasteiger partial charge in [-0.05, 0) is 30.7 Å². The molecule has 2 aromatic carbocycles. The van der Waals surface area contributed by atoms with Gasteiger partial charge in [0.05, 0.1) is 18.6 Å². The zero-order chi connectivity index (χ0) is 19.4. The molecule has 2 N–H and O–H groups in total. The van der Waals surface area contributed by atoms with Gasteiger partial charge in [-0.25, -0.2) is 8.78 Å². The SMILES string of the molecule is O=C(Cc1c(F)cccc1F)N[C@@H]1CCN(C(=O)c2ccccc2)C[C@H]1O. The fraction of sp³-hybridized carbons (Fsp3) is 0.300. The fourth-order valence-electron chi connectivity index (χ4n) is 3.17. The summed E-state index contributed by atoms with van der Waals surface area (Å²) in [5.41, 5.74) is 0.225. The van der Waals surface area contributed by atoms with Crippen molar-refractivity contribution in [3.63, 3.8) is 0 Å². The van der Waals surface area contributed by atoms with Crippen LogP contribution in [0.25, 0.3) is 0 Å². The average Bonchev–Trinajstić information content (AvgIpc) is 2.66. The van der Waals surface area contributed by atoms with Gasteiger partial charge in [-0.1, -0.05) is 24.3 Å². The molecule has 7 heteroatoms. The summed E-state index contributed by atoms with van der Waals surface area (Å²) in [6, 6.07) is 11.6. The van der Waals surface area contributed by atoms with Crippen molar-refractivity contribution < 1.29 is 23.5 Å². The maximum Gasteiger partial charge on any atom is 0.253 e. The molecule has 0 radical (unpaired) electrons. The van der Waals surface area contributed by atoms with Crippen LogP contribution < -0.4 is 5.32 Å². The Labute approximate surface area is 155 Å². The topological polar surface area (TPSA) is 69.6 Å². The van der Waals surface area contributed by atoms with E-state index < -0.39 is 36.1 Å². The molecule has 3 rings (SSSR count). The van der Waals surface area contributed by atoms with E-state index in [1.165, 1.54) is 11.0 Å². The molecule has 0 bridgehead atoms. The standard InChI is InChI=1S/C20H20F2N2O3/c21-15-7-4-8-16(22)14(15)11-19(26)23-17-9-10-24(12-18(17)25)20(27)13-5-2-1-3-6-13/h1-8,17-18,25H,9-12H2,(H,23,26)/t17-,18-/m1/s1. The van der Waals surface area contributed by atoms with Gasteiger partial charge in [0.15, 0.2) is 0 Å². The molecule has 2 aromatic rings. The van der Waals surface area contributed by atoms with Crippen molar-refractivity contribution in [1.82, 2.24) is 10.2 Å². The summed E-state index contributed by atoms with van der Waals surface area (Å²) in [6.45, 7) is 0.441. The Morgan fingerprint density at radius 3 is 2.37 bits per heavy atom. The van der Waals surface area contributed by atoms with Gasteiger partial charge in [0, 0.05) is 24.2 Å². The third kappa shape index (κ3) is 4.49. The highest BCUT2D eigenvalue weighted by atomic mass is 19.1. The van der Waals surface area contributed by atoms with Crippen molar-refractivity contribution in [1.29, 1.82) is 0 Å². The Morgan fingerprint density at radius 2 is 1.74 bits per heavy atom. The molecule has 27 heavy (non-hydrogen) atoms. The van der Waals surface area contributed by atoms with E-state index in [0.717, 1.165) is 12.1 Å². The number of aliphatic hydroxyl groups is 1. The monoisotopic (exact) mass is 374 g/mol. The fourth-order valence-corrected chi connectivity index (χ4v) is 3.17. The molecule has 1 saturated heterocycles. The van der Waals surface area contributed by atoms with Gasteiger partial charge < -0.3 is 15.3 Å². The molecule has 0 aromatic heterocycles. The number of rotatable bonds is 4. The molecule has 1 aliphatic rings. The number of amides is 2. The number of piperidine rings is 1. The average molecular weight is 374 g/mol. The number of aliphatic hydroxyl groups excluding tert-OH is 1. The number of halogens is 2. The molecule has 1 fully saturated rings. The highest BCUT2D eigenvalue weighted by Crippen LogP contribution is 2.16. The predicted octanol–water partition coefficient (Wildman–Crippen LogP) is 1.90. The summed E-state index contributed by atoms with van der Waals surface area (Å²) >= 11 is 0. The number of benzene rings is 2. The van der Waals surface area contributed by atoms with Crippen LogP contribution in [-0.2, 0) is 11.2 Å². The highest BCUT2D eigenvalue weighted by Gasteiger charge is 2.31. The minimum Gasteiger partial charge on any atom is -0.389 e. The lowest BCUT2D eigenvalue weighted by Gasteiger charge is -2.36. The van der Waals surface area contributed by atoms with Crippen LogP contribution >= 0.6 is 0 Å². The van der Waals surface area contributed by atoms with Crippen molar-refractivity contribution in [2.24, 2.45) is 0 Å². The van der Waals surface area contributed by atoms with E-state index in [-0.39, 0.29) is 18.0 Å². The second kappa shape index (κ2) is 8.26. The second-order valence-corrected chi connectivity index (χ2v) is 6.52. The largest absolute Gasteiger partial charge is 0.389 e. The summed E-state index contributed by atoms with van der Waals surface area (Å²) in [4.78, 5) is 26.1. The normalized spacial score (nSPS) is 19.6. The summed E-state index contributed by atoms with van der Waals surface area (Å²) < 4.78 is 27.3. The van der Waals surface area contributed by atoms with E-state index in [4.69, 9.17) is 0 Å². The number of β-amino-alcohol motifs (C(OH)–C–C–N with tert-alkyl or cyclic N) is 1. The van der Waals surface area contributed by atoms with Crippen LogP contribution in [0, 0.1) is 11.6 Å². The van der Waals surface area contributed by atoms with Gasteiger partial charge in [0.25, 0.3) is 5.91 Å². The van der Waals surface area contributed by atoms with E-state index in [0.29, 0.717) is 18.5 Å². The van der Waals surface area contributed by atoms with Gasteiger partial charge in [0.2, 0.25) is 5.91 Å². The number of nitrogens with zero attached hydrogens (tertiary/aromatic N) is 1. The Bertz CT molecular complexity index is 809. The third-order valence-electron chi connectivity index (χ3n) is 4.64. The van der Waals surface area contributed by atoms with Crippen molar-refractivity contribution in [2.75, 3.05) is 13.1 Å². The van der Waals surface area contributed by atoms with Crippen LogP contribution in [0.1, 0.15) is 22.3 Å². The first-order valence-electron chi connectivity index (χ1n) is 8.70. The minimum atomic E-state index is -0.958. The highest BCUT2D eigenvalue weighted by molar-refractivity contribution is 5.94. The summed E-state index contributed by atoms with van der Waals surface area (Å²) in [7, 11) is 0. The molecule has 0 spiro atoms. The van der Waals surface area contributed by atoms with Gasteiger partial charge in [-0.2, -0.15) is 0 Å². The maximum atomic E-state index is 13.7. The number of nitrogens with one attached hydrogen (secondary N) is 1. The maximum absolute atomic E-state index is 13.7. The first kappa shape index (κ1) is 19.0. The number of likely N-dealkylation sites (tertiary alicyclic amines) is 1. The first-order valence-corrected chi connectivity index (χ1v) is 8.70. The quantitative estimate of drug-likeness (QED) is 0.859. The Balaban J connectivity index is 1.57. The molecule has 0 aliphatic carbocycles. The van der Waals surface area contributed by atoms with Gasteiger partial charge in [-0.15, -0.1) is 0 Å². The minimum absolute atomic E-state index is 0.0761. The van der Waals surface area contributed by atoms with E-state index >= 15 is 0 Å². The first-order chi connectivity index (χ1) is 13.0. The lowest BCUT2D eigenvalue weighted by Crippen LogP contribution is -2.55. The smallest absolute Gasteiger partial charge is 0.253 e. The zero-order valence-electron chi connectivity index (χ0n) is 14.6. The molecular formula is C20H20F2N2O3. The summed E-state index contributed by atoms with van der Waals surface area (Å²) in [5, 5.41) is 12.9. The number of carbonyl (C=O) groups excluding carboxylic acids is 2. The number of hydrogen-bond acceptors (Lipinski definition) is 3. The van der Waals surface area contributed by atoms with Gasteiger partial charge in [-0.3, -0.25) is 9.59 Å². The van der Waals surface area contributed by atoms with E-state index in [2.05, 4.69) is 5.32 Å². The van der Waals surface area contributed by atoms with Crippen molar-refractivity contribution in [3.8, 4) is 0 Å². The molecule has 1 aliphatic heterocycles. The van der Waals surface area contributed by atoms with E-state index in [9.17, 15) is 23.5 Å². The van der Waals surface area contributed by atoms with Crippen LogP contribution in [0.15, 0.2) is 48.5 Å². The van der Waals surface area contributed by atoms with Gasteiger partial charge >= 0.3 is 0 Å². The van der Waals surface area contributed by atoms with Crippen molar-refractivity contribution >= 4 is 11.8 Å². The molecule has 5 nitrogen and oxygen atoms in total. The lowest BCUT2D eigenvalue weighted by atomic mass is 10.00. The van der Waals surface area contributed by atoms with Crippen molar-refractivity contribution in [3.05, 3.63) is 71.3 Å². The summed E-state index contributed by atoms with van der Waals surface area (Å²) in [5.74, 6) is -2.33. The number of carbonyl (C=O) groups is 2. The lowest BCUT2D eigenvalue weighted by molar-refractivity contribution is -0.122. The third-order valence-corrected chi connectivity index (χ3v) is 4.64. The van der Waals surface area contributed by atoms with Crippen LogP contribution in [0.2, 0.25) is 0 Å². The molecule has 2 atom stereocenters. The molecule has 142 valence electrons. The van der Waals surface area contributed by atoms with Crippen LogP contribution in [0.5, 0.6) is 0 Å². The molecule has 0 unspecified atom stereocenters. The Kier molecular flexibility index (Phi) is 5.81. The molecular weight excluding hydrogens is 354 g/mol.